The van der Waals surface area contributed by atoms with E-state index in [-0.39, 0.29) is 28.7 Å². The van der Waals surface area contributed by atoms with Crippen LogP contribution in [0.1, 0.15) is 16.8 Å². The molecule has 0 spiro atoms. The molecule has 0 unspecified atom stereocenters. The van der Waals surface area contributed by atoms with Crippen LogP contribution < -0.4 is 5.56 Å². The fourth-order valence-electron chi connectivity index (χ4n) is 1.80. The van der Waals surface area contributed by atoms with Gasteiger partial charge < -0.3 is 15.2 Å². The average Bonchev–Trinajstić information content (AvgIpc) is 2.37. The summed E-state index contributed by atoms with van der Waals surface area (Å²) in [5.74, 6) is -2.14. The molecule has 0 atom stereocenters. The molecule has 20 heavy (non-hydrogen) atoms. The Labute approximate surface area is 117 Å². The zero-order chi connectivity index (χ0) is 14.9. The van der Waals surface area contributed by atoms with Gasteiger partial charge in [-0.25, -0.2) is 4.79 Å². The van der Waals surface area contributed by atoms with Crippen molar-refractivity contribution < 1.29 is 19.8 Å². The van der Waals surface area contributed by atoms with Gasteiger partial charge in [0.2, 0.25) is 0 Å². The van der Waals surface area contributed by atoms with Crippen molar-refractivity contribution in [3.63, 3.8) is 0 Å². The predicted molar refractivity (Wildman–Crippen MR) is 72.6 cm³/mol. The van der Waals surface area contributed by atoms with Gasteiger partial charge in [-0.3, -0.25) is 14.2 Å². The lowest BCUT2D eigenvalue weighted by Gasteiger charge is -2.07. The first-order valence-electron chi connectivity index (χ1n) is 5.62. The summed E-state index contributed by atoms with van der Waals surface area (Å²) in [6, 6.07) is 4.00. The molecule has 3 N–H and O–H groups in total. The number of H-pyrrole nitrogens is 1. The van der Waals surface area contributed by atoms with Crippen molar-refractivity contribution in [2.75, 3.05) is 0 Å². The molecule has 0 radical (unpaired) electrons. The molecule has 0 aliphatic rings. The Balaban J connectivity index is 2.62. The lowest BCUT2D eigenvalue weighted by Crippen LogP contribution is -2.23. The second kappa shape index (κ2) is 5.25. The Bertz CT molecular complexity index is 821. The number of rotatable bonds is 4. The van der Waals surface area contributed by atoms with Crippen LogP contribution in [0.2, 0.25) is 0 Å². The molecule has 7 nitrogen and oxygen atoms in total. The normalized spacial score (nSPS) is 10.6. The molecular weight excluding hydrogens is 284 g/mol. The van der Waals surface area contributed by atoms with Gasteiger partial charge in [0.25, 0.3) is 5.56 Å². The van der Waals surface area contributed by atoms with Crippen molar-refractivity contribution in [1.29, 1.82) is 0 Å². The molecular formula is C12H10N2O5S. The first kappa shape index (κ1) is 13.9. The van der Waals surface area contributed by atoms with Crippen LogP contribution in [0.25, 0.3) is 10.9 Å². The summed E-state index contributed by atoms with van der Waals surface area (Å²) in [6.07, 6.45) is -0.226. The van der Waals surface area contributed by atoms with Gasteiger partial charge in [0.15, 0.2) is 4.77 Å². The van der Waals surface area contributed by atoms with E-state index < -0.39 is 17.5 Å². The highest BCUT2D eigenvalue weighted by atomic mass is 32.1. The van der Waals surface area contributed by atoms with Gasteiger partial charge in [0, 0.05) is 6.54 Å². The molecule has 8 heteroatoms. The second-order valence-corrected chi connectivity index (χ2v) is 4.48. The Hall–Kier alpha value is -2.48. The summed E-state index contributed by atoms with van der Waals surface area (Å²) < 4.78 is 1.21. The fraction of sp³-hybridized carbons (Fsp3) is 0.167. The van der Waals surface area contributed by atoms with Crippen LogP contribution in [-0.2, 0) is 11.3 Å². The number of aromatic nitrogens is 2. The monoisotopic (exact) mass is 294 g/mol. The van der Waals surface area contributed by atoms with Crippen LogP contribution in [-0.4, -0.2) is 31.7 Å². The third-order valence-electron chi connectivity index (χ3n) is 2.78. The van der Waals surface area contributed by atoms with Gasteiger partial charge in [0.1, 0.15) is 0 Å². The van der Waals surface area contributed by atoms with Crippen LogP contribution in [0.15, 0.2) is 23.0 Å². The number of hydrogen-bond donors (Lipinski definition) is 3. The van der Waals surface area contributed by atoms with Crippen LogP contribution in [0.5, 0.6) is 0 Å². The van der Waals surface area contributed by atoms with E-state index in [1.807, 2.05) is 0 Å². The average molecular weight is 294 g/mol. The summed E-state index contributed by atoms with van der Waals surface area (Å²) in [5.41, 5.74) is -0.0979. The van der Waals surface area contributed by atoms with E-state index in [0.29, 0.717) is 5.52 Å². The fourth-order valence-corrected chi connectivity index (χ4v) is 2.08. The van der Waals surface area contributed by atoms with Crippen molar-refractivity contribution in [1.82, 2.24) is 9.55 Å². The van der Waals surface area contributed by atoms with E-state index in [2.05, 4.69) is 4.98 Å². The van der Waals surface area contributed by atoms with Crippen LogP contribution in [0, 0.1) is 4.77 Å². The third-order valence-corrected chi connectivity index (χ3v) is 3.10. The van der Waals surface area contributed by atoms with Crippen molar-refractivity contribution in [3.05, 3.63) is 38.9 Å². The zero-order valence-electron chi connectivity index (χ0n) is 10.1. The maximum atomic E-state index is 12.2. The van der Waals surface area contributed by atoms with Crippen molar-refractivity contribution in [2.45, 2.75) is 13.0 Å². The molecule has 0 fully saturated rings. The quantitative estimate of drug-likeness (QED) is 0.731. The summed E-state index contributed by atoms with van der Waals surface area (Å²) in [5, 5.41) is 17.8. The lowest BCUT2D eigenvalue weighted by molar-refractivity contribution is -0.137. The molecule has 2 aromatic rings. The molecule has 0 aliphatic carbocycles. The molecule has 1 heterocycles. The summed E-state index contributed by atoms with van der Waals surface area (Å²) >= 11 is 4.99. The maximum Gasteiger partial charge on any atom is 0.335 e. The van der Waals surface area contributed by atoms with Gasteiger partial charge in [-0.2, -0.15) is 0 Å². The molecule has 0 saturated carbocycles. The molecule has 0 bridgehead atoms. The third kappa shape index (κ3) is 2.59. The number of nitrogens with zero attached hydrogens (tertiary/aromatic N) is 1. The minimum Gasteiger partial charge on any atom is -0.481 e. The first-order valence-corrected chi connectivity index (χ1v) is 6.03. The maximum absolute atomic E-state index is 12.2. The summed E-state index contributed by atoms with van der Waals surface area (Å²) in [7, 11) is 0. The second-order valence-electron chi connectivity index (χ2n) is 4.10. The van der Waals surface area contributed by atoms with Crippen LogP contribution in [0.3, 0.4) is 0 Å². The standard InChI is InChI=1S/C12H10N2O5S/c15-9(16)3-4-14-10(17)7-2-1-6(11(18)19)5-8(7)13-12(14)20/h1-2,5H,3-4H2,(H,13,20)(H,15,16)(H,18,19). The summed E-state index contributed by atoms with van der Waals surface area (Å²) in [6.45, 7) is -0.0415. The number of carbonyl (C=O) groups is 2. The molecule has 0 saturated heterocycles. The largest absolute Gasteiger partial charge is 0.481 e. The number of benzene rings is 1. The first-order chi connectivity index (χ1) is 9.40. The van der Waals surface area contributed by atoms with Crippen LogP contribution in [0.4, 0.5) is 0 Å². The highest BCUT2D eigenvalue weighted by Crippen LogP contribution is 2.11. The SMILES string of the molecule is O=C(O)CCn1c(=S)[nH]c2cc(C(=O)O)ccc2c1=O. The van der Waals surface area contributed by atoms with Gasteiger partial charge in [-0.1, -0.05) is 0 Å². The Kier molecular flexibility index (Phi) is 3.66. The topological polar surface area (TPSA) is 112 Å². The van der Waals surface area contributed by atoms with Gasteiger partial charge in [0.05, 0.1) is 22.9 Å². The number of aromatic carboxylic acids is 1. The lowest BCUT2D eigenvalue weighted by atomic mass is 10.1. The van der Waals surface area contributed by atoms with E-state index in [4.69, 9.17) is 22.4 Å². The van der Waals surface area contributed by atoms with E-state index in [9.17, 15) is 14.4 Å². The highest BCUT2D eigenvalue weighted by Gasteiger charge is 2.10. The minimum atomic E-state index is -1.11. The number of hydrogen-bond acceptors (Lipinski definition) is 4. The number of fused-ring (bicyclic) bond motifs is 1. The van der Waals surface area contributed by atoms with Gasteiger partial charge in [-0.05, 0) is 30.4 Å². The molecule has 0 aliphatic heterocycles. The molecule has 1 aromatic heterocycles. The Morgan fingerprint density at radius 1 is 1.30 bits per heavy atom. The minimum absolute atomic E-state index is 0.0332. The van der Waals surface area contributed by atoms with Crippen molar-refractivity contribution >= 4 is 35.1 Å². The predicted octanol–water partition coefficient (Wildman–Crippen LogP) is 1.23. The van der Waals surface area contributed by atoms with Gasteiger partial charge in [-0.15, -0.1) is 0 Å². The number of nitrogens with one attached hydrogen (secondary N) is 1. The molecule has 104 valence electrons. The number of carboxylic acid groups (broad SMARTS) is 2. The van der Waals surface area contributed by atoms with Crippen molar-refractivity contribution in [3.8, 4) is 0 Å². The molecule has 2 rings (SSSR count). The Morgan fingerprint density at radius 3 is 2.60 bits per heavy atom. The number of aromatic amines is 1. The molecule has 1 aromatic carbocycles. The van der Waals surface area contributed by atoms with E-state index in [0.717, 1.165) is 4.57 Å². The number of aliphatic carboxylic acids is 1. The highest BCUT2D eigenvalue weighted by molar-refractivity contribution is 7.71. The Morgan fingerprint density at radius 2 is 2.00 bits per heavy atom. The van der Waals surface area contributed by atoms with E-state index in [1.54, 1.807) is 0 Å². The van der Waals surface area contributed by atoms with Gasteiger partial charge >= 0.3 is 11.9 Å². The smallest absolute Gasteiger partial charge is 0.335 e. The number of carboxylic acids is 2. The van der Waals surface area contributed by atoms with Crippen molar-refractivity contribution in [2.24, 2.45) is 0 Å². The van der Waals surface area contributed by atoms with Crippen LogP contribution >= 0.6 is 12.2 Å². The molecule has 0 amide bonds. The summed E-state index contributed by atoms with van der Waals surface area (Å²) in [4.78, 5) is 36.3. The van der Waals surface area contributed by atoms with E-state index in [1.165, 1.54) is 18.2 Å². The van der Waals surface area contributed by atoms with E-state index >= 15 is 0 Å². The zero-order valence-corrected chi connectivity index (χ0v) is 10.9.